The van der Waals surface area contributed by atoms with Crippen LogP contribution >= 0.6 is 22.6 Å². The second-order valence-corrected chi connectivity index (χ2v) is 3.38. The summed E-state index contributed by atoms with van der Waals surface area (Å²) in [6.45, 7) is 0. The number of amides is 1. The summed E-state index contributed by atoms with van der Waals surface area (Å²) in [6, 6.07) is 4.04. The Kier molecular flexibility index (Phi) is 3.25. The normalized spacial score (nSPS) is 9.00. The number of carbonyl (C=O) groups excluding carboxylic acids is 1. The molecule has 4 heteroatoms. The molecule has 2 nitrogen and oxygen atoms in total. The van der Waals surface area contributed by atoms with Gasteiger partial charge in [-0.25, -0.2) is 4.39 Å². The zero-order valence-corrected chi connectivity index (χ0v) is 8.63. The first-order chi connectivity index (χ1) is 6.13. The predicted octanol–water partition coefficient (Wildman–Crippen LogP) is 2.00. The van der Waals surface area contributed by atoms with Crippen molar-refractivity contribution in [3.63, 3.8) is 0 Å². The Morgan fingerprint density at radius 1 is 1.62 bits per heavy atom. The van der Waals surface area contributed by atoms with Crippen LogP contribution in [0.4, 0.5) is 10.1 Å². The number of halogens is 2. The Hall–Kier alpha value is -1.09. The largest absolute Gasteiger partial charge is 0.314 e. The number of hydrogen-bond acceptors (Lipinski definition) is 1. The average Bonchev–Trinajstić information content (AvgIpc) is 2.09. The molecule has 0 fully saturated rings. The van der Waals surface area contributed by atoms with Crippen LogP contribution < -0.4 is 5.32 Å². The monoisotopic (exact) mass is 289 g/mol. The van der Waals surface area contributed by atoms with Crippen molar-refractivity contribution in [3.8, 4) is 12.3 Å². The Labute approximate surface area is 88.7 Å². The van der Waals surface area contributed by atoms with Crippen molar-refractivity contribution in [1.29, 1.82) is 0 Å². The molecule has 0 aromatic heterocycles. The maximum atomic E-state index is 12.6. The van der Waals surface area contributed by atoms with E-state index in [1.165, 1.54) is 18.2 Å². The predicted molar refractivity (Wildman–Crippen MR) is 56.6 cm³/mol. The molecule has 13 heavy (non-hydrogen) atoms. The fourth-order valence-corrected chi connectivity index (χ4v) is 1.36. The Bertz CT molecular complexity index is 384. The molecule has 0 heterocycles. The first-order valence-corrected chi connectivity index (χ1v) is 4.44. The summed E-state index contributed by atoms with van der Waals surface area (Å²) < 4.78 is 13.2. The molecule has 0 atom stereocenters. The van der Waals surface area contributed by atoms with E-state index in [1.54, 1.807) is 0 Å². The minimum Gasteiger partial charge on any atom is -0.314 e. The molecular formula is C9H5FINO. The summed E-state index contributed by atoms with van der Waals surface area (Å²) in [6.07, 6.45) is 4.86. The summed E-state index contributed by atoms with van der Waals surface area (Å²) in [5.74, 6) is 1.03. The topological polar surface area (TPSA) is 29.1 Å². The Balaban J connectivity index is 2.91. The van der Waals surface area contributed by atoms with Gasteiger partial charge in [-0.2, -0.15) is 0 Å². The average molecular weight is 289 g/mol. The first kappa shape index (κ1) is 9.99. The quantitative estimate of drug-likeness (QED) is 0.622. The van der Waals surface area contributed by atoms with Crippen LogP contribution in [0.5, 0.6) is 0 Å². The van der Waals surface area contributed by atoms with Crippen molar-refractivity contribution in [2.24, 2.45) is 0 Å². The van der Waals surface area contributed by atoms with Gasteiger partial charge < -0.3 is 5.32 Å². The van der Waals surface area contributed by atoms with E-state index >= 15 is 0 Å². The lowest BCUT2D eigenvalue weighted by Gasteiger charge is -2.03. The third-order valence-electron chi connectivity index (χ3n) is 1.31. The van der Waals surface area contributed by atoms with Gasteiger partial charge in [-0.1, -0.05) is 0 Å². The third-order valence-corrected chi connectivity index (χ3v) is 2.20. The fraction of sp³-hybridized carbons (Fsp3) is 0. The second-order valence-electron chi connectivity index (χ2n) is 2.22. The van der Waals surface area contributed by atoms with Crippen molar-refractivity contribution in [1.82, 2.24) is 0 Å². The molecule has 0 aliphatic heterocycles. The number of hydrogen-bond donors (Lipinski definition) is 1. The lowest BCUT2D eigenvalue weighted by molar-refractivity contribution is -0.111. The Morgan fingerprint density at radius 2 is 2.31 bits per heavy atom. The van der Waals surface area contributed by atoms with Gasteiger partial charge in [0.15, 0.2) is 0 Å². The van der Waals surface area contributed by atoms with Crippen molar-refractivity contribution in [3.05, 3.63) is 27.6 Å². The lowest BCUT2D eigenvalue weighted by atomic mass is 10.3. The molecular weight excluding hydrogens is 284 g/mol. The lowest BCUT2D eigenvalue weighted by Crippen LogP contribution is -2.09. The van der Waals surface area contributed by atoms with E-state index < -0.39 is 5.91 Å². The highest BCUT2D eigenvalue weighted by molar-refractivity contribution is 14.1. The molecule has 1 aromatic rings. The number of nitrogens with one attached hydrogen (secondary N) is 1. The molecule has 0 aliphatic carbocycles. The van der Waals surface area contributed by atoms with Gasteiger partial charge in [0.05, 0.1) is 5.69 Å². The summed E-state index contributed by atoms with van der Waals surface area (Å²) in [5.41, 5.74) is 0.518. The van der Waals surface area contributed by atoms with Crippen molar-refractivity contribution >= 4 is 34.2 Å². The molecule has 66 valence electrons. The van der Waals surface area contributed by atoms with Crippen LogP contribution in [0.3, 0.4) is 0 Å². The standard InChI is InChI=1S/C9H5FINO/c1-2-9(13)12-8-4-3-6(10)5-7(8)11/h1,3-5H,(H,12,13). The Morgan fingerprint density at radius 3 is 2.85 bits per heavy atom. The van der Waals surface area contributed by atoms with Crippen LogP contribution in [0.2, 0.25) is 0 Å². The van der Waals surface area contributed by atoms with Crippen LogP contribution in [0.15, 0.2) is 18.2 Å². The van der Waals surface area contributed by atoms with Gasteiger partial charge in [0.1, 0.15) is 5.82 Å². The van der Waals surface area contributed by atoms with Gasteiger partial charge in [-0.05, 0) is 46.7 Å². The maximum Gasteiger partial charge on any atom is 0.300 e. The van der Waals surface area contributed by atoms with E-state index in [1.807, 2.05) is 28.5 Å². The van der Waals surface area contributed by atoms with Crippen molar-refractivity contribution in [2.75, 3.05) is 5.32 Å². The van der Waals surface area contributed by atoms with Crippen LogP contribution in [-0.2, 0) is 4.79 Å². The van der Waals surface area contributed by atoms with Crippen LogP contribution in [0.25, 0.3) is 0 Å². The number of anilines is 1. The summed E-state index contributed by atoms with van der Waals surface area (Å²) in [4.78, 5) is 10.8. The molecule has 0 bridgehead atoms. The minimum absolute atomic E-state index is 0.344. The van der Waals surface area contributed by atoms with Gasteiger partial charge in [-0.15, -0.1) is 6.42 Å². The van der Waals surface area contributed by atoms with E-state index in [2.05, 4.69) is 5.32 Å². The van der Waals surface area contributed by atoms with E-state index in [0.717, 1.165) is 0 Å². The minimum atomic E-state index is -0.537. The van der Waals surface area contributed by atoms with Crippen molar-refractivity contribution in [2.45, 2.75) is 0 Å². The van der Waals surface area contributed by atoms with E-state index in [0.29, 0.717) is 9.26 Å². The van der Waals surface area contributed by atoms with Crippen LogP contribution in [0.1, 0.15) is 0 Å². The van der Waals surface area contributed by atoms with Gasteiger partial charge in [0, 0.05) is 3.57 Å². The zero-order valence-electron chi connectivity index (χ0n) is 6.47. The molecule has 0 saturated carbocycles. The van der Waals surface area contributed by atoms with Crippen molar-refractivity contribution < 1.29 is 9.18 Å². The van der Waals surface area contributed by atoms with E-state index in [-0.39, 0.29) is 5.82 Å². The molecule has 1 N–H and O–H groups in total. The van der Waals surface area contributed by atoms with Crippen LogP contribution in [0, 0.1) is 21.7 Å². The third kappa shape index (κ3) is 2.70. The molecule has 1 aromatic carbocycles. The molecule has 0 unspecified atom stereocenters. The van der Waals surface area contributed by atoms with Gasteiger partial charge >= 0.3 is 0 Å². The SMILES string of the molecule is C#CC(=O)Nc1ccc(F)cc1I. The highest BCUT2D eigenvalue weighted by Gasteiger charge is 2.03. The smallest absolute Gasteiger partial charge is 0.300 e. The molecule has 1 rings (SSSR count). The van der Waals surface area contributed by atoms with Crippen LogP contribution in [-0.4, -0.2) is 5.91 Å². The van der Waals surface area contributed by atoms with Gasteiger partial charge in [0.25, 0.3) is 5.91 Å². The number of rotatable bonds is 1. The fourth-order valence-electron chi connectivity index (χ4n) is 0.749. The molecule has 1 amide bonds. The van der Waals surface area contributed by atoms with Gasteiger partial charge in [-0.3, -0.25) is 4.79 Å². The summed E-state index contributed by atoms with van der Waals surface area (Å²) in [7, 11) is 0. The van der Waals surface area contributed by atoms with E-state index in [9.17, 15) is 9.18 Å². The van der Waals surface area contributed by atoms with E-state index in [4.69, 9.17) is 6.42 Å². The molecule has 0 aliphatic rings. The maximum absolute atomic E-state index is 12.6. The first-order valence-electron chi connectivity index (χ1n) is 3.36. The molecule has 0 radical (unpaired) electrons. The highest BCUT2D eigenvalue weighted by Crippen LogP contribution is 2.18. The molecule has 0 saturated heterocycles. The second kappa shape index (κ2) is 4.23. The number of benzene rings is 1. The number of terminal acetylenes is 1. The molecule has 0 spiro atoms. The zero-order chi connectivity index (χ0) is 9.84. The summed E-state index contributed by atoms with van der Waals surface area (Å²) in [5, 5.41) is 2.44. The highest BCUT2D eigenvalue weighted by atomic mass is 127. The number of carbonyl (C=O) groups is 1. The van der Waals surface area contributed by atoms with Gasteiger partial charge in [0.2, 0.25) is 0 Å². The summed E-state index contributed by atoms with van der Waals surface area (Å²) >= 11 is 1.91.